The number of carbonyl (C=O) groups is 1. The van der Waals surface area contributed by atoms with Crippen LogP contribution in [0.15, 0.2) is 24.3 Å². The van der Waals surface area contributed by atoms with E-state index in [9.17, 15) is 20.0 Å². The number of non-ortho nitro benzene ring substituents is 1. The molecule has 1 aliphatic rings. The molecule has 0 bridgehead atoms. The first-order chi connectivity index (χ1) is 9.88. The molecule has 3 atom stereocenters. The number of nitro groups is 1. The molecule has 1 fully saturated rings. The average molecular weight is 294 g/mol. The first-order valence-electron chi connectivity index (χ1n) is 6.75. The number of carboxylic acid groups (broad SMARTS) is 1. The third-order valence-corrected chi connectivity index (χ3v) is 3.47. The van der Waals surface area contributed by atoms with Gasteiger partial charge < -0.3 is 9.84 Å². The molecule has 2 rings (SSSR count). The lowest BCUT2D eigenvalue weighted by atomic mass is 10.0. The SMILES string of the molecule is CC1CN(C(C(=O)O)c2ccc([N+](=O)[O-])cc2)CC(C)O1. The van der Waals surface area contributed by atoms with Crippen molar-refractivity contribution in [2.24, 2.45) is 0 Å². The van der Waals surface area contributed by atoms with Gasteiger partial charge in [-0.25, -0.2) is 0 Å². The van der Waals surface area contributed by atoms with Crippen LogP contribution >= 0.6 is 0 Å². The number of ether oxygens (including phenoxy) is 1. The predicted octanol–water partition coefficient (Wildman–Crippen LogP) is 1.83. The Labute approximate surface area is 122 Å². The van der Waals surface area contributed by atoms with Crippen molar-refractivity contribution >= 4 is 11.7 Å². The molecule has 7 heteroatoms. The van der Waals surface area contributed by atoms with Crippen molar-refractivity contribution in [2.45, 2.75) is 32.1 Å². The quantitative estimate of drug-likeness (QED) is 0.672. The lowest BCUT2D eigenvalue weighted by Crippen LogP contribution is -2.48. The second-order valence-corrected chi connectivity index (χ2v) is 5.30. The molecule has 0 amide bonds. The van der Waals surface area contributed by atoms with E-state index in [2.05, 4.69) is 0 Å². The number of carboxylic acids is 1. The molecule has 21 heavy (non-hydrogen) atoms. The lowest BCUT2D eigenvalue weighted by Gasteiger charge is -2.38. The van der Waals surface area contributed by atoms with Crippen molar-refractivity contribution in [2.75, 3.05) is 13.1 Å². The molecule has 0 saturated carbocycles. The minimum Gasteiger partial charge on any atom is -0.480 e. The molecule has 0 spiro atoms. The zero-order valence-electron chi connectivity index (χ0n) is 11.9. The number of nitrogens with zero attached hydrogens (tertiary/aromatic N) is 2. The molecular weight excluding hydrogens is 276 g/mol. The Hall–Kier alpha value is -1.99. The van der Waals surface area contributed by atoms with E-state index in [4.69, 9.17) is 4.74 Å². The Morgan fingerprint density at radius 1 is 1.33 bits per heavy atom. The molecule has 1 saturated heterocycles. The van der Waals surface area contributed by atoms with Crippen LogP contribution in [0.4, 0.5) is 5.69 Å². The maximum absolute atomic E-state index is 11.6. The van der Waals surface area contributed by atoms with Gasteiger partial charge in [-0.05, 0) is 19.4 Å². The van der Waals surface area contributed by atoms with Gasteiger partial charge in [0.15, 0.2) is 0 Å². The van der Waals surface area contributed by atoms with E-state index in [-0.39, 0.29) is 17.9 Å². The summed E-state index contributed by atoms with van der Waals surface area (Å²) >= 11 is 0. The maximum atomic E-state index is 11.6. The van der Waals surface area contributed by atoms with Crippen LogP contribution in [0.5, 0.6) is 0 Å². The molecule has 1 N–H and O–H groups in total. The molecule has 3 unspecified atom stereocenters. The van der Waals surface area contributed by atoms with E-state index in [1.54, 1.807) is 0 Å². The fraction of sp³-hybridized carbons (Fsp3) is 0.500. The first-order valence-corrected chi connectivity index (χ1v) is 6.75. The van der Waals surface area contributed by atoms with E-state index in [1.165, 1.54) is 24.3 Å². The molecule has 1 aromatic carbocycles. The van der Waals surface area contributed by atoms with Crippen LogP contribution < -0.4 is 0 Å². The Kier molecular flexibility index (Phi) is 4.54. The zero-order chi connectivity index (χ0) is 15.6. The van der Waals surface area contributed by atoms with Crippen molar-refractivity contribution in [3.05, 3.63) is 39.9 Å². The van der Waals surface area contributed by atoms with Gasteiger partial charge in [0.05, 0.1) is 17.1 Å². The highest BCUT2D eigenvalue weighted by molar-refractivity contribution is 5.75. The van der Waals surface area contributed by atoms with Crippen LogP contribution in [0.25, 0.3) is 0 Å². The predicted molar refractivity (Wildman–Crippen MR) is 75.1 cm³/mol. The third kappa shape index (κ3) is 3.56. The summed E-state index contributed by atoms with van der Waals surface area (Å²) in [4.78, 5) is 23.6. The summed E-state index contributed by atoms with van der Waals surface area (Å²) in [7, 11) is 0. The van der Waals surface area contributed by atoms with Gasteiger partial charge in [0, 0.05) is 25.2 Å². The zero-order valence-corrected chi connectivity index (χ0v) is 11.9. The van der Waals surface area contributed by atoms with E-state index in [1.807, 2.05) is 18.7 Å². The molecule has 1 heterocycles. The van der Waals surface area contributed by atoms with E-state index >= 15 is 0 Å². The Balaban J connectivity index is 2.26. The number of hydrogen-bond donors (Lipinski definition) is 1. The van der Waals surface area contributed by atoms with Gasteiger partial charge in [-0.2, -0.15) is 0 Å². The Morgan fingerprint density at radius 2 is 1.86 bits per heavy atom. The van der Waals surface area contributed by atoms with Gasteiger partial charge >= 0.3 is 5.97 Å². The summed E-state index contributed by atoms with van der Waals surface area (Å²) < 4.78 is 5.61. The molecule has 0 aromatic heterocycles. The van der Waals surface area contributed by atoms with Gasteiger partial charge in [0.1, 0.15) is 6.04 Å². The summed E-state index contributed by atoms with van der Waals surface area (Å²) in [6.07, 6.45) is -0.0951. The molecule has 1 aromatic rings. The second kappa shape index (κ2) is 6.19. The van der Waals surface area contributed by atoms with Gasteiger partial charge in [-0.15, -0.1) is 0 Å². The summed E-state index contributed by atoms with van der Waals surface area (Å²) in [5.41, 5.74) is 0.487. The van der Waals surface area contributed by atoms with Crippen molar-refractivity contribution in [1.29, 1.82) is 0 Å². The number of benzene rings is 1. The maximum Gasteiger partial charge on any atom is 0.325 e. The van der Waals surface area contributed by atoms with Crippen LogP contribution in [0.2, 0.25) is 0 Å². The van der Waals surface area contributed by atoms with Crippen LogP contribution in [-0.2, 0) is 9.53 Å². The monoisotopic (exact) mass is 294 g/mol. The van der Waals surface area contributed by atoms with E-state index < -0.39 is 16.9 Å². The molecule has 0 radical (unpaired) electrons. The summed E-state index contributed by atoms with van der Waals surface area (Å²) in [5.74, 6) is -0.967. The summed E-state index contributed by atoms with van der Waals surface area (Å²) in [5, 5.41) is 20.2. The fourth-order valence-corrected chi connectivity index (χ4v) is 2.72. The van der Waals surface area contributed by atoms with E-state index in [0.717, 1.165) is 0 Å². The summed E-state index contributed by atoms with van der Waals surface area (Å²) in [6, 6.07) is 4.85. The molecule has 114 valence electrons. The van der Waals surface area contributed by atoms with Gasteiger partial charge in [0.2, 0.25) is 0 Å². The van der Waals surface area contributed by atoms with Gasteiger partial charge in [-0.3, -0.25) is 19.8 Å². The van der Waals surface area contributed by atoms with Crippen LogP contribution in [0.1, 0.15) is 25.5 Å². The number of aliphatic carboxylic acids is 1. The molecular formula is C14H18N2O5. The minimum absolute atomic E-state index is 0.0475. The number of rotatable bonds is 4. The van der Waals surface area contributed by atoms with Crippen LogP contribution in [-0.4, -0.2) is 46.2 Å². The second-order valence-electron chi connectivity index (χ2n) is 5.30. The molecule has 7 nitrogen and oxygen atoms in total. The minimum atomic E-state index is -0.967. The average Bonchev–Trinajstić information content (AvgIpc) is 2.37. The number of morpholine rings is 1. The molecule has 0 aliphatic carbocycles. The van der Waals surface area contributed by atoms with Crippen molar-refractivity contribution in [3.8, 4) is 0 Å². The van der Waals surface area contributed by atoms with Crippen molar-refractivity contribution in [3.63, 3.8) is 0 Å². The molecule has 1 aliphatic heterocycles. The number of hydrogen-bond acceptors (Lipinski definition) is 5. The standard InChI is InChI=1S/C14H18N2O5/c1-9-7-15(8-10(2)21-9)13(14(17)18)11-3-5-12(6-4-11)16(19)20/h3-6,9-10,13H,7-8H2,1-2H3,(H,17,18). The van der Waals surface area contributed by atoms with Gasteiger partial charge in [0.25, 0.3) is 5.69 Å². The Morgan fingerprint density at radius 3 is 2.29 bits per heavy atom. The summed E-state index contributed by atoms with van der Waals surface area (Å²) in [6.45, 7) is 4.82. The fourth-order valence-electron chi connectivity index (χ4n) is 2.72. The van der Waals surface area contributed by atoms with Crippen LogP contribution in [0.3, 0.4) is 0 Å². The topological polar surface area (TPSA) is 92.9 Å². The highest BCUT2D eigenvalue weighted by Crippen LogP contribution is 2.26. The van der Waals surface area contributed by atoms with Crippen molar-refractivity contribution < 1.29 is 19.6 Å². The van der Waals surface area contributed by atoms with E-state index in [0.29, 0.717) is 18.7 Å². The first kappa shape index (κ1) is 15.4. The highest BCUT2D eigenvalue weighted by Gasteiger charge is 2.33. The Bertz CT molecular complexity index is 521. The lowest BCUT2D eigenvalue weighted by molar-refractivity contribution is -0.384. The highest BCUT2D eigenvalue weighted by atomic mass is 16.6. The third-order valence-electron chi connectivity index (χ3n) is 3.47. The van der Waals surface area contributed by atoms with Crippen molar-refractivity contribution in [1.82, 2.24) is 4.90 Å². The normalized spacial score (nSPS) is 24.5. The smallest absolute Gasteiger partial charge is 0.325 e. The largest absolute Gasteiger partial charge is 0.480 e. The van der Waals surface area contributed by atoms with Gasteiger partial charge in [-0.1, -0.05) is 12.1 Å². The van der Waals surface area contributed by atoms with Crippen LogP contribution in [0, 0.1) is 10.1 Å². The number of nitro benzene ring substituents is 1.